The van der Waals surface area contributed by atoms with E-state index < -0.39 is 0 Å². The minimum absolute atomic E-state index is 0.0956. The van der Waals surface area contributed by atoms with Gasteiger partial charge in [-0.1, -0.05) is 27.7 Å². The summed E-state index contributed by atoms with van der Waals surface area (Å²) in [5.41, 5.74) is 1.38. The Morgan fingerprint density at radius 3 is 2.57 bits per heavy atom. The van der Waals surface area contributed by atoms with E-state index in [0.717, 1.165) is 18.5 Å². The summed E-state index contributed by atoms with van der Waals surface area (Å²) >= 11 is 0. The molecule has 0 saturated carbocycles. The molecule has 1 aliphatic heterocycles. The maximum atomic E-state index is 12.5. The van der Waals surface area contributed by atoms with Crippen LogP contribution in [0.1, 0.15) is 56.7 Å². The van der Waals surface area contributed by atoms with Crippen LogP contribution >= 0.6 is 0 Å². The zero-order valence-electron chi connectivity index (χ0n) is 14.6. The van der Waals surface area contributed by atoms with Crippen molar-refractivity contribution in [1.29, 1.82) is 0 Å². The van der Waals surface area contributed by atoms with E-state index in [0.29, 0.717) is 37.8 Å². The third-order valence-electron chi connectivity index (χ3n) is 4.35. The van der Waals surface area contributed by atoms with E-state index >= 15 is 0 Å². The second-order valence-corrected chi connectivity index (χ2v) is 6.62. The predicted molar refractivity (Wildman–Crippen MR) is 88.9 cm³/mol. The van der Waals surface area contributed by atoms with Crippen molar-refractivity contribution >= 4 is 11.8 Å². The van der Waals surface area contributed by atoms with Gasteiger partial charge in [0.2, 0.25) is 5.91 Å². The van der Waals surface area contributed by atoms with Gasteiger partial charge in [0.15, 0.2) is 5.69 Å². The van der Waals surface area contributed by atoms with Gasteiger partial charge in [0, 0.05) is 19.0 Å². The molecule has 1 aromatic rings. The average molecular weight is 320 g/mol. The lowest BCUT2D eigenvalue weighted by Crippen LogP contribution is -2.41. The van der Waals surface area contributed by atoms with Gasteiger partial charge in [0.1, 0.15) is 0 Å². The SMILES string of the molecule is CCC(CC)C(=O)N1CCn2nc(C(=O)NCC(C)C)cc2C1. The molecule has 0 saturated heterocycles. The number of fused-ring (bicyclic) bond motifs is 1. The maximum absolute atomic E-state index is 12.5. The Morgan fingerprint density at radius 1 is 1.26 bits per heavy atom. The normalized spacial score (nSPS) is 14.3. The molecule has 0 aliphatic carbocycles. The number of aromatic nitrogens is 2. The second kappa shape index (κ2) is 7.62. The highest BCUT2D eigenvalue weighted by molar-refractivity contribution is 5.92. The van der Waals surface area contributed by atoms with Gasteiger partial charge in [-0.3, -0.25) is 14.3 Å². The minimum atomic E-state index is -0.140. The Bertz CT molecular complexity index is 561. The van der Waals surface area contributed by atoms with Crippen molar-refractivity contribution in [2.75, 3.05) is 13.1 Å². The van der Waals surface area contributed by atoms with Crippen molar-refractivity contribution in [3.05, 3.63) is 17.5 Å². The number of amides is 2. The van der Waals surface area contributed by atoms with Crippen LogP contribution in [0.3, 0.4) is 0 Å². The van der Waals surface area contributed by atoms with Crippen molar-refractivity contribution in [2.45, 2.75) is 53.6 Å². The summed E-state index contributed by atoms with van der Waals surface area (Å²) in [6.45, 7) is 10.7. The molecular formula is C17H28N4O2. The summed E-state index contributed by atoms with van der Waals surface area (Å²) in [5.74, 6) is 0.578. The van der Waals surface area contributed by atoms with E-state index in [2.05, 4.69) is 38.1 Å². The van der Waals surface area contributed by atoms with Crippen LogP contribution in [0.15, 0.2) is 6.07 Å². The fraction of sp³-hybridized carbons (Fsp3) is 0.706. The zero-order chi connectivity index (χ0) is 17.0. The number of rotatable bonds is 6. The molecule has 0 unspecified atom stereocenters. The van der Waals surface area contributed by atoms with Crippen molar-refractivity contribution < 1.29 is 9.59 Å². The molecule has 1 aliphatic rings. The number of hydrogen-bond donors (Lipinski definition) is 1. The summed E-state index contributed by atoms with van der Waals surface area (Å²) in [5, 5.41) is 7.26. The lowest BCUT2D eigenvalue weighted by Gasteiger charge is -2.30. The van der Waals surface area contributed by atoms with Gasteiger partial charge < -0.3 is 10.2 Å². The van der Waals surface area contributed by atoms with Gasteiger partial charge in [-0.25, -0.2) is 0 Å². The first-order chi connectivity index (χ1) is 11.0. The minimum Gasteiger partial charge on any atom is -0.350 e. The van der Waals surface area contributed by atoms with Crippen LogP contribution in [0.25, 0.3) is 0 Å². The van der Waals surface area contributed by atoms with Gasteiger partial charge in [-0.05, 0) is 24.8 Å². The van der Waals surface area contributed by atoms with Crippen molar-refractivity contribution in [3.63, 3.8) is 0 Å². The van der Waals surface area contributed by atoms with E-state index in [9.17, 15) is 9.59 Å². The topological polar surface area (TPSA) is 67.2 Å². The first kappa shape index (κ1) is 17.5. The number of hydrogen-bond acceptors (Lipinski definition) is 3. The third-order valence-corrected chi connectivity index (χ3v) is 4.35. The lowest BCUT2D eigenvalue weighted by molar-refractivity contribution is -0.137. The van der Waals surface area contributed by atoms with Gasteiger partial charge in [0.25, 0.3) is 5.91 Å². The van der Waals surface area contributed by atoms with Crippen molar-refractivity contribution in [1.82, 2.24) is 20.0 Å². The lowest BCUT2D eigenvalue weighted by atomic mass is 10.0. The van der Waals surface area contributed by atoms with Crippen LogP contribution in [0.4, 0.5) is 0 Å². The Hall–Kier alpha value is -1.85. The highest BCUT2D eigenvalue weighted by Gasteiger charge is 2.27. The van der Waals surface area contributed by atoms with Crippen LogP contribution < -0.4 is 5.32 Å². The van der Waals surface area contributed by atoms with Gasteiger partial charge in [-0.2, -0.15) is 5.10 Å². The highest BCUT2D eigenvalue weighted by Crippen LogP contribution is 2.19. The summed E-state index contributed by atoms with van der Waals surface area (Å²) in [6, 6.07) is 1.81. The molecule has 6 nitrogen and oxygen atoms in total. The molecule has 23 heavy (non-hydrogen) atoms. The smallest absolute Gasteiger partial charge is 0.271 e. The Balaban J connectivity index is 2.04. The monoisotopic (exact) mass is 320 g/mol. The van der Waals surface area contributed by atoms with Crippen LogP contribution in [0, 0.1) is 11.8 Å². The Morgan fingerprint density at radius 2 is 1.96 bits per heavy atom. The molecule has 0 spiro atoms. The van der Waals surface area contributed by atoms with Crippen LogP contribution in [-0.2, 0) is 17.9 Å². The van der Waals surface area contributed by atoms with E-state index in [1.807, 2.05) is 15.6 Å². The molecule has 0 atom stereocenters. The summed E-state index contributed by atoms with van der Waals surface area (Å²) in [7, 11) is 0. The molecule has 0 radical (unpaired) electrons. The molecule has 128 valence electrons. The quantitative estimate of drug-likeness (QED) is 0.872. The van der Waals surface area contributed by atoms with Crippen LogP contribution in [0.2, 0.25) is 0 Å². The maximum Gasteiger partial charge on any atom is 0.271 e. The summed E-state index contributed by atoms with van der Waals surface area (Å²) in [6.07, 6.45) is 1.74. The van der Waals surface area contributed by atoms with Crippen molar-refractivity contribution in [3.8, 4) is 0 Å². The molecule has 2 amide bonds. The summed E-state index contributed by atoms with van der Waals surface area (Å²) < 4.78 is 1.85. The molecule has 0 aromatic carbocycles. The van der Waals surface area contributed by atoms with Crippen LogP contribution in [0.5, 0.6) is 0 Å². The third kappa shape index (κ3) is 4.12. The number of nitrogens with one attached hydrogen (secondary N) is 1. The number of carbonyl (C=O) groups excluding carboxylic acids is 2. The number of nitrogens with zero attached hydrogens (tertiary/aromatic N) is 3. The van der Waals surface area contributed by atoms with E-state index in [4.69, 9.17) is 0 Å². The fourth-order valence-corrected chi connectivity index (χ4v) is 2.85. The molecule has 2 heterocycles. The molecule has 0 bridgehead atoms. The second-order valence-electron chi connectivity index (χ2n) is 6.62. The average Bonchev–Trinajstić information content (AvgIpc) is 2.96. The molecule has 0 fully saturated rings. The van der Waals surface area contributed by atoms with E-state index in [1.54, 1.807) is 0 Å². The molecule has 6 heteroatoms. The largest absolute Gasteiger partial charge is 0.350 e. The fourth-order valence-electron chi connectivity index (χ4n) is 2.85. The Kier molecular flexibility index (Phi) is 5.80. The zero-order valence-corrected chi connectivity index (χ0v) is 14.6. The molecule has 1 aromatic heterocycles. The first-order valence-corrected chi connectivity index (χ1v) is 8.59. The van der Waals surface area contributed by atoms with Crippen LogP contribution in [-0.4, -0.2) is 39.6 Å². The standard InChI is InChI=1S/C17H28N4O2/c1-5-13(6-2)17(23)20-7-8-21-14(11-20)9-15(19-21)16(22)18-10-12(3)4/h9,12-13H,5-8,10-11H2,1-4H3,(H,18,22). The molecule has 2 rings (SSSR count). The first-order valence-electron chi connectivity index (χ1n) is 8.59. The van der Waals surface area contributed by atoms with Gasteiger partial charge in [-0.15, -0.1) is 0 Å². The highest BCUT2D eigenvalue weighted by atomic mass is 16.2. The Labute approximate surface area is 138 Å². The molecule has 1 N–H and O–H groups in total. The summed E-state index contributed by atoms with van der Waals surface area (Å²) in [4.78, 5) is 26.5. The van der Waals surface area contributed by atoms with E-state index in [1.165, 1.54) is 0 Å². The number of carbonyl (C=O) groups is 2. The predicted octanol–water partition coefficient (Wildman–Crippen LogP) is 2.05. The van der Waals surface area contributed by atoms with Crippen molar-refractivity contribution in [2.24, 2.45) is 11.8 Å². The molecular weight excluding hydrogens is 292 g/mol. The van der Waals surface area contributed by atoms with E-state index in [-0.39, 0.29) is 17.7 Å². The van der Waals surface area contributed by atoms with Gasteiger partial charge in [0.05, 0.1) is 18.8 Å². The van der Waals surface area contributed by atoms with Gasteiger partial charge >= 0.3 is 0 Å².